The van der Waals surface area contributed by atoms with Gasteiger partial charge in [-0.2, -0.15) is 0 Å². The average molecular weight is 342 g/mol. The molecule has 0 saturated carbocycles. The second-order valence-electron chi connectivity index (χ2n) is 6.19. The molecule has 6 heteroatoms. The van der Waals surface area contributed by atoms with Gasteiger partial charge in [0, 0.05) is 23.5 Å². The monoisotopic (exact) mass is 342 g/mol. The number of thiophene rings is 1. The Kier molecular flexibility index (Phi) is 3.30. The molecule has 1 saturated heterocycles. The van der Waals surface area contributed by atoms with E-state index in [1.165, 1.54) is 11.3 Å². The lowest BCUT2D eigenvalue weighted by atomic mass is 9.88. The summed E-state index contributed by atoms with van der Waals surface area (Å²) in [5.74, 6) is 0.980. The molecule has 4 rings (SSSR count). The van der Waals surface area contributed by atoms with Gasteiger partial charge in [-0.25, -0.2) is 4.99 Å². The summed E-state index contributed by atoms with van der Waals surface area (Å²) >= 11 is 1.51. The van der Waals surface area contributed by atoms with E-state index in [1.54, 1.807) is 7.11 Å². The fourth-order valence-electron chi connectivity index (χ4n) is 3.35. The molecule has 1 N–H and O–H groups in total. The molecule has 124 valence electrons. The Morgan fingerprint density at radius 3 is 2.67 bits per heavy atom. The summed E-state index contributed by atoms with van der Waals surface area (Å²) in [4.78, 5) is 20.6. The van der Waals surface area contributed by atoms with Crippen LogP contribution in [0.3, 0.4) is 0 Å². The number of methoxy groups -OCH3 is 1. The number of carbonyl (C=O) groups excluding carboxylic acids is 1. The summed E-state index contributed by atoms with van der Waals surface area (Å²) in [6.07, 6.45) is 0.352. The molecule has 0 bridgehead atoms. The van der Waals surface area contributed by atoms with E-state index in [2.05, 4.69) is 4.99 Å². The lowest BCUT2D eigenvalue weighted by molar-refractivity contribution is 0.0602. The van der Waals surface area contributed by atoms with Gasteiger partial charge in [-0.1, -0.05) is 0 Å². The predicted octanol–water partition coefficient (Wildman–Crippen LogP) is 3.24. The van der Waals surface area contributed by atoms with Crippen molar-refractivity contribution in [2.24, 2.45) is 4.99 Å². The van der Waals surface area contributed by atoms with E-state index in [0.29, 0.717) is 29.4 Å². The first-order chi connectivity index (χ1) is 11.5. The lowest BCUT2D eigenvalue weighted by Crippen LogP contribution is -2.48. The third-order valence-corrected chi connectivity index (χ3v) is 5.98. The van der Waals surface area contributed by atoms with Gasteiger partial charge in [0.25, 0.3) is 0 Å². The molecule has 1 fully saturated rings. The van der Waals surface area contributed by atoms with Gasteiger partial charge in [0.1, 0.15) is 10.8 Å². The number of benzene rings is 1. The van der Waals surface area contributed by atoms with E-state index in [-0.39, 0.29) is 5.78 Å². The summed E-state index contributed by atoms with van der Waals surface area (Å²) in [7, 11) is 1.62. The number of aliphatic imine (C=N–C) groups is 1. The summed E-state index contributed by atoms with van der Waals surface area (Å²) < 4.78 is 5.19. The minimum absolute atomic E-state index is 0.222. The molecule has 2 aliphatic rings. The van der Waals surface area contributed by atoms with Gasteiger partial charge in [-0.15, -0.1) is 11.3 Å². The standard InChI is InChI=1S/C18H18N2O3S/c1-10-11(2)24-16-14(10)15(21)18(22)8-9-20(17(18)19-16)12-4-6-13(23-3)7-5-12/h4-7,22H,8-9H2,1-3H3/t18-/m1/s1. The number of hydrogen-bond donors (Lipinski definition) is 1. The van der Waals surface area contributed by atoms with Crippen molar-refractivity contribution in [3.8, 4) is 5.75 Å². The molecule has 1 aromatic heterocycles. The normalized spacial score (nSPS) is 22.2. The summed E-state index contributed by atoms with van der Waals surface area (Å²) in [6, 6.07) is 7.56. The first-order valence-corrected chi connectivity index (χ1v) is 8.65. The molecule has 0 unspecified atom stereocenters. The number of aliphatic hydroxyl groups is 1. The first kappa shape index (κ1) is 15.4. The van der Waals surface area contributed by atoms with Crippen molar-refractivity contribution < 1.29 is 14.6 Å². The number of amidine groups is 1. The molecule has 2 aliphatic heterocycles. The first-order valence-electron chi connectivity index (χ1n) is 7.83. The third-order valence-electron chi connectivity index (χ3n) is 4.88. The van der Waals surface area contributed by atoms with Gasteiger partial charge in [-0.3, -0.25) is 4.79 Å². The maximum atomic E-state index is 13.0. The number of nitrogens with zero attached hydrogens (tertiary/aromatic N) is 2. The number of ketones is 1. The molecule has 1 aromatic carbocycles. The topological polar surface area (TPSA) is 62.1 Å². The number of fused-ring (bicyclic) bond motifs is 2. The van der Waals surface area contributed by atoms with Crippen LogP contribution >= 0.6 is 11.3 Å². The van der Waals surface area contributed by atoms with Crippen LogP contribution in [0, 0.1) is 13.8 Å². The Hall–Kier alpha value is -2.18. The maximum absolute atomic E-state index is 13.0. The zero-order chi connectivity index (χ0) is 17.1. The predicted molar refractivity (Wildman–Crippen MR) is 95.1 cm³/mol. The quantitative estimate of drug-likeness (QED) is 0.910. The second kappa shape index (κ2) is 5.16. The Morgan fingerprint density at radius 2 is 2.00 bits per heavy atom. The van der Waals surface area contributed by atoms with E-state index in [1.807, 2.05) is 43.0 Å². The molecule has 0 amide bonds. The fourth-order valence-corrected chi connectivity index (χ4v) is 4.38. The number of rotatable bonds is 2. The molecule has 2 aromatic rings. The Morgan fingerprint density at radius 1 is 1.29 bits per heavy atom. The second-order valence-corrected chi connectivity index (χ2v) is 7.39. The van der Waals surface area contributed by atoms with Crippen LogP contribution in [-0.4, -0.2) is 36.0 Å². The highest BCUT2D eigenvalue weighted by atomic mass is 32.1. The van der Waals surface area contributed by atoms with Crippen LogP contribution in [0.25, 0.3) is 0 Å². The van der Waals surface area contributed by atoms with E-state index in [9.17, 15) is 9.90 Å². The van der Waals surface area contributed by atoms with Crippen LogP contribution < -0.4 is 9.64 Å². The van der Waals surface area contributed by atoms with Crippen LogP contribution in [0.15, 0.2) is 29.3 Å². The van der Waals surface area contributed by atoms with Crippen molar-refractivity contribution in [1.82, 2.24) is 0 Å². The number of anilines is 1. The Labute approximate surface area is 144 Å². The van der Waals surface area contributed by atoms with Gasteiger partial charge in [0.15, 0.2) is 11.4 Å². The molecular formula is C18H18N2O3S. The minimum Gasteiger partial charge on any atom is -0.497 e. The van der Waals surface area contributed by atoms with Gasteiger partial charge < -0.3 is 14.7 Å². The molecule has 1 atom stereocenters. The fraction of sp³-hybridized carbons (Fsp3) is 0.333. The van der Waals surface area contributed by atoms with Gasteiger partial charge in [-0.05, 0) is 43.7 Å². The minimum atomic E-state index is -1.52. The Balaban J connectivity index is 1.82. The lowest BCUT2D eigenvalue weighted by Gasteiger charge is -2.28. The highest BCUT2D eigenvalue weighted by Gasteiger charge is 2.53. The molecule has 0 radical (unpaired) electrons. The molecule has 3 heterocycles. The van der Waals surface area contributed by atoms with E-state index in [0.717, 1.165) is 21.9 Å². The Bertz CT molecular complexity index is 869. The van der Waals surface area contributed by atoms with Gasteiger partial charge in [0.2, 0.25) is 5.78 Å². The van der Waals surface area contributed by atoms with Crippen molar-refractivity contribution in [1.29, 1.82) is 0 Å². The van der Waals surface area contributed by atoms with Crippen LogP contribution in [0.1, 0.15) is 27.2 Å². The van der Waals surface area contributed by atoms with Crippen molar-refractivity contribution in [2.75, 3.05) is 18.6 Å². The highest BCUT2D eigenvalue weighted by Crippen LogP contribution is 2.45. The number of carbonyl (C=O) groups is 1. The van der Waals surface area contributed by atoms with Crippen LogP contribution in [0.2, 0.25) is 0 Å². The van der Waals surface area contributed by atoms with E-state index in [4.69, 9.17) is 4.74 Å². The molecule has 0 aliphatic carbocycles. The molecular weight excluding hydrogens is 324 g/mol. The molecule has 5 nitrogen and oxygen atoms in total. The summed E-state index contributed by atoms with van der Waals surface area (Å²) in [6.45, 7) is 4.45. The van der Waals surface area contributed by atoms with Crippen LogP contribution in [-0.2, 0) is 0 Å². The largest absolute Gasteiger partial charge is 0.497 e. The zero-order valence-electron chi connectivity index (χ0n) is 13.8. The van der Waals surface area contributed by atoms with Crippen molar-refractivity contribution in [3.05, 3.63) is 40.3 Å². The van der Waals surface area contributed by atoms with Crippen molar-refractivity contribution >= 4 is 33.6 Å². The summed E-state index contributed by atoms with van der Waals surface area (Å²) in [5, 5.41) is 11.8. The van der Waals surface area contributed by atoms with E-state index >= 15 is 0 Å². The van der Waals surface area contributed by atoms with Gasteiger partial charge in [0.05, 0.1) is 12.7 Å². The third kappa shape index (κ3) is 1.96. The number of Topliss-reactive ketones (excluding diaryl/α,β-unsaturated/α-hetero) is 1. The number of hydrogen-bond acceptors (Lipinski definition) is 6. The molecule has 0 spiro atoms. The smallest absolute Gasteiger partial charge is 0.205 e. The zero-order valence-corrected chi connectivity index (χ0v) is 14.6. The average Bonchev–Trinajstić information content (AvgIpc) is 3.07. The van der Waals surface area contributed by atoms with Crippen LogP contribution in [0.4, 0.5) is 10.7 Å². The maximum Gasteiger partial charge on any atom is 0.205 e. The van der Waals surface area contributed by atoms with Gasteiger partial charge >= 0.3 is 0 Å². The van der Waals surface area contributed by atoms with E-state index < -0.39 is 5.60 Å². The number of aryl methyl sites for hydroxylation is 1. The summed E-state index contributed by atoms with van der Waals surface area (Å²) in [5.41, 5.74) is 0.886. The van der Waals surface area contributed by atoms with Crippen molar-refractivity contribution in [2.45, 2.75) is 25.9 Å². The van der Waals surface area contributed by atoms with Crippen molar-refractivity contribution in [3.63, 3.8) is 0 Å². The highest BCUT2D eigenvalue weighted by molar-refractivity contribution is 7.16. The molecule has 24 heavy (non-hydrogen) atoms. The number of ether oxygens (including phenoxy) is 1. The SMILES string of the molecule is COc1ccc(N2CC[C@@]3(O)C(=O)c4c(sc(C)c4C)N=C23)cc1. The van der Waals surface area contributed by atoms with Crippen LogP contribution in [0.5, 0.6) is 5.75 Å².